The molecule has 1 N–H and O–H groups in total. The fourth-order valence-corrected chi connectivity index (χ4v) is 1.33. The van der Waals surface area contributed by atoms with Gasteiger partial charge in [-0.25, -0.2) is 4.98 Å². The van der Waals surface area contributed by atoms with Crippen molar-refractivity contribution in [2.45, 2.75) is 32.4 Å². The van der Waals surface area contributed by atoms with E-state index in [0.717, 1.165) is 18.7 Å². The molecule has 0 amide bonds. The molecule has 0 radical (unpaired) electrons. The second-order valence-corrected chi connectivity index (χ2v) is 3.80. The molecule has 0 saturated heterocycles. The number of aromatic nitrogens is 2. The lowest BCUT2D eigenvalue weighted by Crippen LogP contribution is -2.35. The van der Waals surface area contributed by atoms with E-state index in [1.165, 1.54) is 0 Å². The van der Waals surface area contributed by atoms with Crippen LogP contribution in [0.4, 0.5) is 0 Å². The first-order valence-electron chi connectivity index (χ1n) is 4.75. The molecule has 0 aliphatic heterocycles. The second-order valence-electron chi connectivity index (χ2n) is 3.80. The van der Waals surface area contributed by atoms with Crippen LogP contribution in [0.2, 0.25) is 0 Å². The van der Waals surface area contributed by atoms with Crippen molar-refractivity contribution in [3.63, 3.8) is 0 Å². The highest BCUT2D eigenvalue weighted by atomic mass is 15.1. The summed E-state index contributed by atoms with van der Waals surface area (Å²) in [6.45, 7) is 5.07. The van der Waals surface area contributed by atoms with E-state index in [-0.39, 0.29) is 5.54 Å². The molecule has 1 aromatic rings. The van der Waals surface area contributed by atoms with Crippen molar-refractivity contribution < 1.29 is 0 Å². The van der Waals surface area contributed by atoms with Crippen molar-refractivity contribution in [2.24, 2.45) is 0 Å². The van der Waals surface area contributed by atoms with E-state index in [2.05, 4.69) is 34.6 Å². The molecule has 1 aromatic heterocycles. The van der Waals surface area contributed by atoms with Gasteiger partial charge in [0.2, 0.25) is 0 Å². The van der Waals surface area contributed by atoms with Crippen LogP contribution in [0.5, 0.6) is 0 Å². The molecule has 76 valence electrons. The Morgan fingerprint density at radius 2 is 2.36 bits per heavy atom. The summed E-state index contributed by atoms with van der Waals surface area (Å²) in [5, 5.41) is 3.25. The van der Waals surface area contributed by atoms with Crippen LogP contribution < -0.4 is 5.32 Å². The van der Waals surface area contributed by atoms with E-state index < -0.39 is 0 Å². The van der Waals surface area contributed by atoms with Crippen LogP contribution >= 0.6 is 0 Å². The maximum atomic E-state index is 5.24. The molecule has 0 unspecified atom stereocenters. The molecule has 3 nitrogen and oxygen atoms in total. The number of nitrogens with zero attached hydrogens (tertiary/aromatic N) is 2. The number of nitrogens with one attached hydrogen (secondary N) is 1. The quantitative estimate of drug-likeness (QED) is 0.728. The molecule has 0 aliphatic rings. The van der Waals surface area contributed by atoms with Crippen LogP contribution in [0, 0.1) is 12.3 Å². The van der Waals surface area contributed by atoms with Gasteiger partial charge in [0, 0.05) is 19.2 Å². The predicted molar refractivity (Wildman–Crippen MR) is 57.8 cm³/mol. The Morgan fingerprint density at radius 1 is 1.64 bits per heavy atom. The van der Waals surface area contributed by atoms with Crippen molar-refractivity contribution in [1.29, 1.82) is 0 Å². The lowest BCUT2D eigenvalue weighted by molar-refractivity contribution is 0.409. The molecule has 0 atom stereocenters. The van der Waals surface area contributed by atoms with E-state index in [1.807, 2.05) is 19.6 Å². The van der Waals surface area contributed by atoms with Crippen molar-refractivity contribution in [3.8, 4) is 12.3 Å². The van der Waals surface area contributed by atoms with E-state index in [4.69, 9.17) is 6.42 Å². The van der Waals surface area contributed by atoms with Crippen LogP contribution in [0.3, 0.4) is 0 Å². The second kappa shape index (κ2) is 4.30. The summed E-state index contributed by atoms with van der Waals surface area (Å²) in [7, 11) is 1.94. The van der Waals surface area contributed by atoms with Crippen molar-refractivity contribution >= 4 is 0 Å². The topological polar surface area (TPSA) is 29.9 Å². The summed E-state index contributed by atoms with van der Waals surface area (Å²) in [5.74, 6) is 2.63. The van der Waals surface area contributed by atoms with E-state index in [9.17, 15) is 0 Å². The van der Waals surface area contributed by atoms with Crippen molar-refractivity contribution in [1.82, 2.24) is 14.9 Å². The highest BCUT2D eigenvalue weighted by Gasteiger charge is 2.21. The van der Waals surface area contributed by atoms with Gasteiger partial charge in [-0.05, 0) is 20.9 Å². The SMILES string of the molecule is C#CCCn1cncc1C(C)(C)NC. The summed E-state index contributed by atoms with van der Waals surface area (Å²) in [6.07, 6.45) is 9.68. The van der Waals surface area contributed by atoms with Crippen LogP contribution in [0.1, 0.15) is 26.0 Å². The van der Waals surface area contributed by atoms with E-state index in [0.29, 0.717) is 0 Å². The average Bonchev–Trinajstić information content (AvgIpc) is 2.63. The Morgan fingerprint density at radius 3 is 2.93 bits per heavy atom. The third-order valence-corrected chi connectivity index (χ3v) is 2.47. The molecule has 0 spiro atoms. The zero-order valence-corrected chi connectivity index (χ0v) is 9.04. The lowest BCUT2D eigenvalue weighted by Gasteiger charge is -2.25. The Bertz CT molecular complexity index is 331. The van der Waals surface area contributed by atoms with Gasteiger partial charge in [-0.2, -0.15) is 0 Å². The number of terminal acetylenes is 1. The number of hydrogen-bond donors (Lipinski definition) is 1. The third kappa shape index (κ3) is 2.15. The van der Waals surface area contributed by atoms with E-state index in [1.54, 1.807) is 0 Å². The summed E-state index contributed by atoms with van der Waals surface area (Å²) < 4.78 is 2.09. The molecule has 0 aliphatic carbocycles. The third-order valence-electron chi connectivity index (χ3n) is 2.47. The minimum atomic E-state index is -0.0644. The number of rotatable bonds is 4. The van der Waals surface area contributed by atoms with E-state index >= 15 is 0 Å². The normalized spacial score (nSPS) is 11.3. The molecule has 14 heavy (non-hydrogen) atoms. The van der Waals surface area contributed by atoms with Crippen molar-refractivity contribution in [2.75, 3.05) is 7.05 Å². The van der Waals surface area contributed by atoms with Crippen LogP contribution in [0.15, 0.2) is 12.5 Å². The zero-order chi connectivity index (χ0) is 10.6. The zero-order valence-electron chi connectivity index (χ0n) is 9.04. The predicted octanol–water partition coefficient (Wildman–Crippen LogP) is 1.36. The van der Waals surface area contributed by atoms with Crippen molar-refractivity contribution in [3.05, 3.63) is 18.2 Å². The summed E-state index contributed by atoms with van der Waals surface area (Å²) in [4.78, 5) is 4.14. The highest BCUT2D eigenvalue weighted by Crippen LogP contribution is 2.18. The molecular formula is C11H17N3. The standard InChI is InChI=1S/C11H17N3/c1-5-6-7-14-9-13-8-10(14)11(2,3)12-4/h1,8-9,12H,6-7H2,2-4H3. The van der Waals surface area contributed by atoms with Gasteiger partial charge in [-0.1, -0.05) is 0 Å². The number of hydrogen-bond acceptors (Lipinski definition) is 2. The first kappa shape index (κ1) is 10.8. The first-order chi connectivity index (χ1) is 6.61. The van der Waals surface area contributed by atoms with Gasteiger partial charge >= 0.3 is 0 Å². The number of imidazole rings is 1. The summed E-state index contributed by atoms with van der Waals surface area (Å²) >= 11 is 0. The molecule has 0 saturated carbocycles. The fourth-order valence-electron chi connectivity index (χ4n) is 1.33. The van der Waals surface area contributed by atoms with Crippen LogP contribution in [-0.2, 0) is 12.1 Å². The fraction of sp³-hybridized carbons (Fsp3) is 0.545. The molecule has 0 fully saturated rings. The molecule has 3 heteroatoms. The van der Waals surface area contributed by atoms with Crippen LogP contribution in [-0.4, -0.2) is 16.6 Å². The molecule has 0 bridgehead atoms. The minimum absolute atomic E-state index is 0.0644. The number of aryl methyl sites for hydroxylation is 1. The summed E-state index contributed by atoms with van der Waals surface area (Å²) in [6, 6.07) is 0. The smallest absolute Gasteiger partial charge is 0.0949 e. The van der Waals surface area contributed by atoms with Gasteiger partial charge in [-0.3, -0.25) is 0 Å². The lowest BCUT2D eigenvalue weighted by atomic mass is 10.0. The average molecular weight is 191 g/mol. The molecular weight excluding hydrogens is 174 g/mol. The van der Waals surface area contributed by atoms with Gasteiger partial charge in [0.1, 0.15) is 0 Å². The van der Waals surface area contributed by atoms with Gasteiger partial charge in [0.25, 0.3) is 0 Å². The first-order valence-corrected chi connectivity index (χ1v) is 4.75. The Kier molecular flexibility index (Phi) is 3.32. The van der Waals surface area contributed by atoms with Crippen LogP contribution in [0.25, 0.3) is 0 Å². The monoisotopic (exact) mass is 191 g/mol. The molecule has 1 rings (SSSR count). The highest BCUT2D eigenvalue weighted by molar-refractivity contribution is 5.11. The maximum Gasteiger partial charge on any atom is 0.0949 e. The van der Waals surface area contributed by atoms with Gasteiger partial charge in [-0.15, -0.1) is 12.3 Å². The van der Waals surface area contributed by atoms with Gasteiger partial charge in [0.15, 0.2) is 0 Å². The summed E-state index contributed by atoms with van der Waals surface area (Å²) in [5.41, 5.74) is 1.10. The largest absolute Gasteiger partial charge is 0.332 e. The Hall–Kier alpha value is -1.27. The maximum absolute atomic E-state index is 5.24. The minimum Gasteiger partial charge on any atom is -0.332 e. The van der Waals surface area contributed by atoms with Gasteiger partial charge < -0.3 is 9.88 Å². The van der Waals surface area contributed by atoms with Gasteiger partial charge in [0.05, 0.1) is 17.6 Å². The Labute approximate surface area is 85.5 Å². The molecule has 0 aromatic carbocycles. The molecule has 1 heterocycles. The Balaban J connectivity index is 2.88.